The summed E-state index contributed by atoms with van der Waals surface area (Å²) in [5.41, 5.74) is 11.0. The summed E-state index contributed by atoms with van der Waals surface area (Å²) in [6.07, 6.45) is 0.487. The van der Waals surface area contributed by atoms with E-state index in [9.17, 15) is 48.6 Å². The Morgan fingerprint density at radius 1 is 0.983 bits per heavy atom. The van der Waals surface area contributed by atoms with E-state index in [4.69, 9.17) is 16.9 Å². The second-order valence-electron chi connectivity index (χ2n) is 15.2. The molecule has 20 nitrogen and oxygen atoms in total. The number of nitrogens with one attached hydrogen (secondary N) is 5. The van der Waals surface area contributed by atoms with Crippen molar-refractivity contribution in [3.05, 3.63) is 35.9 Å². The largest absolute Gasteiger partial charge is 0.480 e. The number of likely N-dealkylation sites (tertiary alicyclic amines) is 1. The highest BCUT2D eigenvalue weighted by Gasteiger charge is 2.59. The first-order valence-corrected chi connectivity index (χ1v) is 19.2. The molecule has 0 radical (unpaired) electrons. The first kappa shape index (κ1) is 46.8. The maximum Gasteiger partial charge on any atom is 0.326 e. The topological polar surface area (TPSA) is 311 Å². The molecule has 320 valence electrons. The molecule has 0 aromatic heterocycles. The molecule has 20 heteroatoms. The fourth-order valence-electron chi connectivity index (χ4n) is 6.70. The number of aliphatic carboxylic acids is 1. The van der Waals surface area contributed by atoms with Crippen LogP contribution >= 0.6 is 0 Å². The van der Waals surface area contributed by atoms with Crippen LogP contribution in [0.2, 0.25) is 0 Å². The van der Waals surface area contributed by atoms with E-state index in [1.807, 2.05) is 30.3 Å². The van der Waals surface area contributed by atoms with Crippen LogP contribution < -0.4 is 32.7 Å². The van der Waals surface area contributed by atoms with Gasteiger partial charge in [0.25, 0.3) is 0 Å². The average Bonchev–Trinajstić information content (AvgIpc) is 3.57. The number of nitrogens with zero attached hydrogens (tertiary/aromatic N) is 3. The zero-order valence-corrected chi connectivity index (χ0v) is 33.7. The van der Waals surface area contributed by atoms with Crippen molar-refractivity contribution in [1.82, 2.24) is 36.0 Å². The van der Waals surface area contributed by atoms with Gasteiger partial charge in [0.15, 0.2) is 11.7 Å². The summed E-state index contributed by atoms with van der Waals surface area (Å²) in [6.45, 7) is 4.18. The Morgan fingerprint density at radius 2 is 1.60 bits per heavy atom. The Bertz CT molecular complexity index is 1710. The molecule has 58 heavy (non-hydrogen) atoms. The number of amides is 6. The molecule has 7 atom stereocenters. The van der Waals surface area contributed by atoms with Crippen LogP contribution in [0.15, 0.2) is 30.3 Å². The van der Waals surface area contributed by atoms with Gasteiger partial charge in [-0.15, -0.1) is 0 Å². The van der Waals surface area contributed by atoms with Crippen molar-refractivity contribution < 1.29 is 48.6 Å². The lowest BCUT2D eigenvalue weighted by Crippen LogP contribution is -2.59. The van der Waals surface area contributed by atoms with Crippen LogP contribution in [0.25, 0.3) is 0 Å². The molecule has 1 aliphatic carbocycles. The van der Waals surface area contributed by atoms with Crippen LogP contribution in [-0.4, -0.2) is 154 Å². The predicted octanol–water partition coefficient (Wildman–Crippen LogP) is -2.60. The third kappa shape index (κ3) is 11.9. The van der Waals surface area contributed by atoms with E-state index in [0.717, 1.165) is 10.5 Å². The maximum absolute atomic E-state index is 14.1. The highest BCUT2D eigenvalue weighted by Crippen LogP contribution is 2.40. The molecule has 1 aromatic rings. The van der Waals surface area contributed by atoms with E-state index in [1.165, 1.54) is 30.8 Å². The fraction of sp³-hybridized carbons (Fsp3) is 0.605. The summed E-state index contributed by atoms with van der Waals surface area (Å²) in [6, 6.07) is 1.34. The lowest BCUT2D eigenvalue weighted by Gasteiger charge is -2.32. The van der Waals surface area contributed by atoms with Crippen molar-refractivity contribution in [2.45, 2.75) is 108 Å². The van der Waals surface area contributed by atoms with Crippen LogP contribution in [0.4, 0.5) is 0 Å². The fourth-order valence-corrected chi connectivity index (χ4v) is 6.70. The number of Topliss-reactive ketones (excluding diaryl/α,β-unsaturated/α-hetero) is 1. The lowest BCUT2D eigenvalue weighted by atomic mass is 10.0. The van der Waals surface area contributed by atoms with E-state index in [2.05, 4.69) is 21.3 Å². The molecule has 1 saturated carbocycles. The number of aliphatic hydroxyl groups is 1. The third-order valence-electron chi connectivity index (χ3n) is 10.8. The van der Waals surface area contributed by atoms with Crippen LogP contribution in [0, 0.1) is 11.3 Å². The van der Waals surface area contributed by atoms with Crippen molar-refractivity contribution in [1.29, 1.82) is 5.41 Å². The Balaban J connectivity index is 1.73. The monoisotopic (exact) mass is 814 g/mol. The van der Waals surface area contributed by atoms with E-state index >= 15 is 0 Å². The van der Waals surface area contributed by atoms with E-state index in [0.29, 0.717) is 6.42 Å². The number of aliphatic hydroxyl groups excluding tert-OH is 1. The van der Waals surface area contributed by atoms with Crippen LogP contribution in [0.1, 0.15) is 64.9 Å². The molecule has 1 saturated heterocycles. The van der Waals surface area contributed by atoms with Gasteiger partial charge in [-0.05, 0) is 44.1 Å². The number of guanidine groups is 1. The number of likely N-dealkylation sites (N-methyl/N-ethyl adjacent to an activating group) is 2. The van der Waals surface area contributed by atoms with Crippen molar-refractivity contribution in [3.63, 3.8) is 0 Å². The Hall–Kier alpha value is -5.63. The van der Waals surface area contributed by atoms with Gasteiger partial charge in [-0.3, -0.25) is 39.0 Å². The number of carboxylic acids is 1. The molecule has 6 amide bonds. The number of nitrogens with two attached hydrogens (primary N) is 2. The molecular weight excluding hydrogens is 756 g/mol. The molecule has 3 rings (SSSR count). The standard InChI is InChI=1S/C38H58N10O10/c1-21(2)30(39)33(54)44-25(35(56)48-16-10-14-27(48)32(53)43-24(36(57)58)13-9-15-42-37(40)41)17-29(51)46(4)22(3)31(52)45-26(20-49)34(55)47(5)38(19-28(38)50)18-23-11-7-6-8-12-23/h6-8,11-12,21-22,24-27,30,49H,9-10,13-20,39H2,1-5H3,(H,43,53)(H,44,54)(H,45,52)(H,57,58)(H4,40,41,42)/t22-,24-,25-,26-,27-,30-,38-/m0/s1. The summed E-state index contributed by atoms with van der Waals surface area (Å²) < 4.78 is 0. The zero-order chi connectivity index (χ0) is 43.5. The molecule has 1 heterocycles. The van der Waals surface area contributed by atoms with Crippen LogP contribution in [-0.2, 0) is 44.8 Å². The minimum absolute atomic E-state index is 0.000978. The van der Waals surface area contributed by atoms with Gasteiger partial charge in [0.05, 0.1) is 19.1 Å². The predicted molar refractivity (Wildman–Crippen MR) is 209 cm³/mol. The summed E-state index contributed by atoms with van der Waals surface area (Å²) in [4.78, 5) is 109. The number of carbonyl (C=O) groups is 8. The molecule has 11 N–H and O–H groups in total. The molecule has 0 bridgehead atoms. The average molecular weight is 815 g/mol. The molecule has 0 unspecified atom stereocenters. The van der Waals surface area contributed by atoms with Gasteiger partial charge >= 0.3 is 5.97 Å². The number of hydrogen-bond donors (Lipinski definition) is 9. The number of hydrogen-bond acceptors (Lipinski definition) is 11. The molecule has 2 fully saturated rings. The first-order valence-electron chi connectivity index (χ1n) is 19.2. The smallest absolute Gasteiger partial charge is 0.326 e. The second kappa shape index (κ2) is 20.7. The van der Waals surface area contributed by atoms with E-state index in [-0.39, 0.29) is 62.9 Å². The normalized spacial score (nSPS) is 19.8. The summed E-state index contributed by atoms with van der Waals surface area (Å²) in [5, 5.41) is 37.1. The van der Waals surface area contributed by atoms with Gasteiger partial charge in [0.1, 0.15) is 35.7 Å². The molecule has 2 aliphatic rings. The van der Waals surface area contributed by atoms with Gasteiger partial charge in [0, 0.05) is 40.0 Å². The SMILES string of the molecule is CC(C)[C@H](N)C(=O)N[C@@H](CC(=O)N(C)[C@@H](C)C(=O)N[C@@H](CO)C(=O)N(C)[C@@]1(Cc2ccccc2)CC1=O)C(=O)N1CCC[C@H]1C(=O)N[C@@H](CCCNC(=N)N)C(=O)O. The quantitative estimate of drug-likeness (QED) is 0.0350. The Morgan fingerprint density at radius 3 is 2.16 bits per heavy atom. The molecule has 0 spiro atoms. The number of rotatable bonds is 21. The van der Waals surface area contributed by atoms with Gasteiger partial charge in [-0.1, -0.05) is 44.2 Å². The molecule has 1 aliphatic heterocycles. The van der Waals surface area contributed by atoms with E-state index in [1.54, 1.807) is 13.8 Å². The lowest BCUT2D eigenvalue weighted by molar-refractivity contribution is -0.147. The summed E-state index contributed by atoms with van der Waals surface area (Å²) >= 11 is 0. The summed E-state index contributed by atoms with van der Waals surface area (Å²) in [5.74, 6) is -6.72. The van der Waals surface area contributed by atoms with Gasteiger partial charge in [-0.2, -0.15) is 0 Å². The molecular formula is C38H58N10O10. The van der Waals surface area contributed by atoms with Gasteiger partial charge in [0.2, 0.25) is 35.4 Å². The zero-order valence-electron chi connectivity index (χ0n) is 33.7. The van der Waals surface area contributed by atoms with Crippen molar-refractivity contribution in [3.8, 4) is 0 Å². The highest BCUT2D eigenvalue weighted by atomic mass is 16.4. The highest BCUT2D eigenvalue weighted by molar-refractivity contribution is 6.09. The number of benzene rings is 1. The Labute approximate surface area is 337 Å². The van der Waals surface area contributed by atoms with Crippen LogP contribution in [0.3, 0.4) is 0 Å². The molecule has 1 aromatic carbocycles. The minimum atomic E-state index is -1.54. The van der Waals surface area contributed by atoms with Crippen molar-refractivity contribution in [2.24, 2.45) is 17.4 Å². The van der Waals surface area contributed by atoms with Crippen LogP contribution in [0.5, 0.6) is 0 Å². The Kier molecular flexibility index (Phi) is 16.7. The number of carbonyl (C=O) groups excluding carboxylic acids is 7. The van der Waals surface area contributed by atoms with Gasteiger partial charge < -0.3 is 57.6 Å². The first-order chi connectivity index (χ1) is 27.2. The maximum atomic E-state index is 14.1. The van der Waals surface area contributed by atoms with E-state index < -0.39 is 96.2 Å². The van der Waals surface area contributed by atoms with Crippen molar-refractivity contribution >= 4 is 53.2 Å². The third-order valence-corrected chi connectivity index (χ3v) is 10.8. The number of ketones is 1. The number of carboxylic acid groups (broad SMARTS) is 1. The van der Waals surface area contributed by atoms with Gasteiger partial charge in [-0.25, -0.2) is 4.79 Å². The van der Waals surface area contributed by atoms with Crippen molar-refractivity contribution in [2.75, 3.05) is 33.8 Å². The minimum Gasteiger partial charge on any atom is -0.480 e. The summed E-state index contributed by atoms with van der Waals surface area (Å²) in [7, 11) is 2.70. The second-order valence-corrected chi connectivity index (χ2v) is 15.2.